The Morgan fingerprint density at radius 1 is 1.33 bits per heavy atom. The van der Waals surface area contributed by atoms with E-state index in [2.05, 4.69) is 10.1 Å². The Hall–Kier alpha value is -1.49. The van der Waals surface area contributed by atoms with E-state index in [4.69, 9.17) is 5.73 Å². The maximum Gasteiger partial charge on any atom is 0.186 e. The summed E-state index contributed by atoms with van der Waals surface area (Å²) >= 11 is 1.66. The molecule has 0 radical (unpaired) electrons. The number of rotatable bonds is 3. The van der Waals surface area contributed by atoms with Gasteiger partial charge >= 0.3 is 0 Å². The zero-order valence-electron chi connectivity index (χ0n) is 8.42. The second-order valence-corrected chi connectivity index (χ2v) is 4.14. The topological polar surface area (TPSA) is 56.7 Å². The standard InChI is InChI=1S/C10H12N4S/c1-14-10(12-7-13-14)15-6-8-2-4-9(11)5-3-8/h2-5,7H,6,11H2,1H3. The van der Waals surface area contributed by atoms with Crippen LogP contribution >= 0.6 is 11.8 Å². The van der Waals surface area contributed by atoms with Gasteiger partial charge < -0.3 is 5.73 Å². The van der Waals surface area contributed by atoms with Gasteiger partial charge in [-0.25, -0.2) is 9.67 Å². The minimum atomic E-state index is 0.794. The minimum Gasteiger partial charge on any atom is -0.399 e. The van der Waals surface area contributed by atoms with Gasteiger partial charge in [-0.1, -0.05) is 23.9 Å². The number of hydrogen-bond donors (Lipinski definition) is 1. The number of thioether (sulfide) groups is 1. The van der Waals surface area contributed by atoms with Crippen molar-refractivity contribution in [3.05, 3.63) is 36.2 Å². The summed E-state index contributed by atoms with van der Waals surface area (Å²) in [5.41, 5.74) is 7.64. The van der Waals surface area contributed by atoms with E-state index in [9.17, 15) is 0 Å². The van der Waals surface area contributed by atoms with Crippen LogP contribution in [0, 0.1) is 0 Å². The molecule has 0 amide bonds. The molecule has 1 aromatic carbocycles. The van der Waals surface area contributed by atoms with E-state index in [-0.39, 0.29) is 0 Å². The molecule has 0 fully saturated rings. The third-order valence-electron chi connectivity index (χ3n) is 2.02. The van der Waals surface area contributed by atoms with Gasteiger partial charge in [-0.3, -0.25) is 0 Å². The molecule has 2 aromatic rings. The maximum atomic E-state index is 5.61. The Labute approximate surface area is 92.5 Å². The van der Waals surface area contributed by atoms with Crippen LogP contribution in [-0.4, -0.2) is 14.8 Å². The molecule has 0 saturated carbocycles. The molecule has 0 unspecified atom stereocenters. The fourth-order valence-corrected chi connectivity index (χ4v) is 2.02. The first-order valence-electron chi connectivity index (χ1n) is 4.57. The van der Waals surface area contributed by atoms with Crippen molar-refractivity contribution in [1.82, 2.24) is 14.8 Å². The minimum absolute atomic E-state index is 0.794. The van der Waals surface area contributed by atoms with Crippen molar-refractivity contribution in [2.75, 3.05) is 5.73 Å². The summed E-state index contributed by atoms with van der Waals surface area (Å²) in [4.78, 5) is 4.14. The van der Waals surface area contributed by atoms with Crippen LogP contribution in [0.2, 0.25) is 0 Å². The molecule has 4 nitrogen and oxygen atoms in total. The lowest BCUT2D eigenvalue weighted by molar-refractivity contribution is 0.685. The van der Waals surface area contributed by atoms with Gasteiger partial charge in [-0.2, -0.15) is 5.10 Å². The molecule has 78 valence electrons. The van der Waals surface area contributed by atoms with Crippen molar-refractivity contribution in [3.8, 4) is 0 Å². The largest absolute Gasteiger partial charge is 0.399 e. The molecule has 15 heavy (non-hydrogen) atoms. The fraction of sp³-hybridized carbons (Fsp3) is 0.200. The SMILES string of the molecule is Cn1ncnc1SCc1ccc(N)cc1. The quantitative estimate of drug-likeness (QED) is 0.631. The Bertz CT molecular complexity index is 435. The molecule has 0 spiro atoms. The molecule has 1 heterocycles. The van der Waals surface area contributed by atoms with Gasteiger partial charge in [0.1, 0.15) is 6.33 Å². The van der Waals surface area contributed by atoms with Crippen LogP contribution in [0.25, 0.3) is 0 Å². The van der Waals surface area contributed by atoms with Gasteiger partial charge in [0.25, 0.3) is 0 Å². The Balaban J connectivity index is 1.99. The van der Waals surface area contributed by atoms with Crippen LogP contribution in [0.1, 0.15) is 5.56 Å². The Morgan fingerprint density at radius 3 is 2.67 bits per heavy atom. The van der Waals surface area contributed by atoms with E-state index in [1.807, 2.05) is 31.3 Å². The van der Waals surface area contributed by atoms with E-state index in [0.717, 1.165) is 16.6 Å². The molecule has 0 aliphatic rings. The summed E-state index contributed by atoms with van der Waals surface area (Å²) < 4.78 is 1.77. The van der Waals surface area contributed by atoms with Gasteiger partial charge in [-0.05, 0) is 17.7 Å². The number of anilines is 1. The summed E-state index contributed by atoms with van der Waals surface area (Å²) in [7, 11) is 1.89. The van der Waals surface area contributed by atoms with E-state index >= 15 is 0 Å². The number of benzene rings is 1. The van der Waals surface area contributed by atoms with Crippen molar-refractivity contribution in [2.45, 2.75) is 10.9 Å². The number of hydrogen-bond acceptors (Lipinski definition) is 4. The smallest absolute Gasteiger partial charge is 0.186 e. The van der Waals surface area contributed by atoms with Gasteiger partial charge in [0.15, 0.2) is 5.16 Å². The van der Waals surface area contributed by atoms with Crippen LogP contribution in [0.5, 0.6) is 0 Å². The number of nitrogen functional groups attached to an aromatic ring is 1. The molecule has 0 aliphatic carbocycles. The molecular formula is C10H12N4S. The fourth-order valence-electron chi connectivity index (χ4n) is 1.18. The average molecular weight is 220 g/mol. The van der Waals surface area contributed by atoms with Gasteiger partial charge in [0, 0.05) is 18.5 Å². The second kappa shape index (κ2) is 4.35. The summed E-state index contributed by atoms with van der Waals surface area (Å²) in [5.74, 6) is 0.882. The third kappa shape index (κ3) is 2.50. The molecule has 0 saturated heterocycles. The molecular weight excluding hydrogens is 208 g/mol. The van der Waals surface area contributed by atoms with Crippen LogP contribution in [-0.2, 0) is 12.8 Å². The highest BCUT2D eigenvalue weighted by Crippen LogP contribution is 2.20. The van der Waals surface area contributed by atoms with Crippen molar-refractivity contribution >= 4 is 17.4 Å². The second-order valence-electron chi connectivity index (χ2n) is 3.20. The van der Waals surface area contributed by atoms with Crippen LogP contribution in [0.15, 0.2) is 35.7 Å². The Kier molecular flexibility index (Phi) is 2.91. The molecule has 2 rings (SSSR count). The normalized spacial score (nSPS) is 10.5. The zero-order valence-corrected chi connectivity index (χ0v) is 9.24. The summed E-state index contributed by atoms with van der Waals surface area (Å²) in [6, 6.07) is 7.87. The predicted octanol–water partition coefficient (Wildman–Crippen LogP) is 1.69. The molecule has 0 aliphatic heterocycles. The molecule has 5 heteroatoms. The molecule has 0 atom stereocenters. The van der Waals surface area contributed by atoms with E-state index in [0.29, 0.717) is 0 Å². The van der Waals surface area contributed by atoms with Crippen molar-refractivity contribution in [3.63, 3.8) is 0 Å². The third-order valence-corrected chi connectivity index (χ3v) is 3.12. The predicted molar refractivity (Wildman–Crippen MR) is 61.4 cm³/mol. The van der Waals surface area contributed by atoms with E-state index < -0.39 is 0 Å². The number of aryl methyl sites for hydroxylation is 1. The highest BCUT2D eigenvalue weighted by molar-refractivity contribution is 7.98. The summed E-state index contributed by atoms with van der Waals surface area (Å²) in [6.45, 7) is 0. The van der Waals surface area contributed by atoms with E-state index in [1.165, 1.54) is 5.56 Å². The van der Waals surface area contributed by atoms with Gasteiger partial charge in [0.05, 0.1) is 0 Å². The zero-order chi connectivity index (χ0) is 10.7. The highest BCUT2D eigenvalue weighted by Gasteiger charge is 2.01. The monoisotopic (exact) mass is 220 g/mol. The first-order valence-corrected chi connectivity index (χ1v) is 5.55. The van der Waals surface area contributed by atoms with Gasteiger partial charge in [0.2, 0.25) is 0 Å². The lowest BCUT2D eigenvalue weighted by Gasteiger charge is -2.01. The average Bonchev–Trinajstić information content (AvgIpc) is 2.63. The maximum absolute atomic E-state index is 5.61. The lowest BCUT2D eigenvalue weighted by atomic mass is 10.2. The van der Waals surface area contributed by atoms with Crippen LogP contribution in [0.4, 0.5) is 5.69 Å². The highest BCUT2D eigenvalue weighted by atomic mass is 32.2. The van der Waals surface area contributed by atoms with Crippen molar-refractivity contribution < 1.29 is 0 Å². The number of aromatic nitrogens is 3. The van der Waals surface area contributed by atoms with Gasteiger partial charge in [-0.15, -0.1) is 0 Å². The molecule has 2 N–H and O–H groups in total. The van der Waals surface area contributed by atoms with Crippen LogP contribution in [0.3, 0.4) is 0 Å². The van der Waals surface area contributed by atoms with Crippen molar-refractivity contribution in [2.24, 2.45) is 7.05 Å². The number of nitrogens with zero attached hydrogens (tertiary/aromatic N) is 3. The van der Waals surface area contributed by atoms with E-state index in [1.54, 1.807) is 22.8 Å². The first-order chi connectivity index (χ1) is 7.25. The van der Waals surface area contributed by atoms with Crippen molar-refractivity contribution in [1.29, 1.82) is 0 Å². The summed E-state index contributed by atoms with van der Waals surface area (Å²) in [6.07, 6.45) is 1.56. The molecule has 1 aromatic heterocycles. The molecule has 0 bridgehead atoms. The number of nitrogens with two attached hydrogens (primary N) is 1. The first kappa shape index (κ1) is 10.0. The Morgan fingerprint density at radius 2 is 2.07 bits per heavy atom. The lowest BCUT2D eigenvalue weighted by Crippen LogP contribution is -1.93. The summed E-state index contributed by atoms with van der Waals surface area (Å²) in [5, 5.41) is 4.93. The van der Waals surface area contributed by atoms with Crippen LogP contribution < -0.4 is 5.73 Å².